The lowest BCUT2D eigenvalue weighted by atomic mass is 9.97. The number of halogens is 1. The minimum absolute atomic E-state index is 0.230. The van der Waals surface area contributed by atoms with Gasteiger partial charge < -0.3 is 15.4 Å². The van der Waals surface area contributed by atoms with E-state index in [0.717, 1.165) is 17.5 Å². The maximum atomic E-state index is 12.7. The zero-order chi connectivity index (χ0) is 17.1. The maximum absolute atomic E-state index is 12.7. The van der Waals surface area contributed by atoms with Crippen LogP contribution >= 0.6 is 11.6 Å². The number of hydrogen-bond donors (Lipinski definition) is 2. The van der Waals surface area contributed by atoms with Crippen LogP contribution in [0, 0.1) is 0 Å². The number of carbonyl (C=O) groups is 2. The highest BCUT2D eigenvalue weighted by atomic mass is 35.5. The van der Waals surface area contributed by atoms with Gasteiger partial charge in [0.25, 0.3) is 5.91 Å². The second-order valence-electron chi connectivity index (χ2n) is 5.56. The molecule has 1 aliphatic heterocycles. The first-order valence-electron chi connectivity index (χ1n) is 7.62. The minimum Gasteiger partial charge on any atom is -0.363 e. The second kappa shape index (κ2) is 7.03. The Morgan fingerprint density at radius 1 is 1.12 bits per heavy atom. The van der Waals surface area contributed by atoms with Crippen molar-refractivity contribution in [2.45, 2.75) is 19.4 Å². The van der Waals surface area contributed by atoms with Gasteiger partial charge in [0.05, 0.1) is 18.0 Å². The van der Waals surface area contributed by atoms with Gasteiger partial charge in [0.2, 0.25) is 5.91 Å². The van der Waals surface area contributed by atoms with Crippen LogP contribution in [0.4, 0.5) is 11.4 Å². The number of ether oxygens (including phenoxy) is 1. The zero-order valence-corrected chi connectivity index (χ0v) is 13.9. The maximum Gasteiger partial charge on any atom is 0.258 e. The predicted octanol–water partition coefficient (Wildman–Crippen LogP) is 3.55. The van der Waals surface area contributed by atoms with Crippen molar-refractivity contribution < 1.29 is 14.3 Å². The van der Waals surface area contributed by atoms with Crippen molar-refractivity contribution in [3.8, 4) is 0 Å². The van der Waals surface area contributed by atoms with Gasteiger partial charge in [0.1, 0.15) is 0 Å². The molecule has 0 aliphatic carbocycles. The van der Waals surface area contributed by atoms with E-state index in [1.54, 1.807) is 18.2 Å². The van der Waals surface area contributed by atoms with Crippen LogP contribution in [-0.4, -0.2) is 18.4 Å². The Hall–Kier alpha value is -2.37. The summed E-state index contributed by atoms with van der Waals surface area (Å²) in [5.41, 5.74) is 2.90. The molecule has 5 nitrogen and oxygen atoms in total. The standard InChI is InChI=1S/C18H17ClN2O3/c1-11(22)20-15-7-6-13(19)10-16(15)21-18(23)17-14-5-3-2-4-12(14)8-9-24-17/h2-7,10,17H,8-9H2,1H3,(H,20,22)(H,21,23)/t17-/m1/s1. The lowest BCUT2D eigenvalue weighted by Gasteiger charge is -2.25. The Kier molecular flexibility index (Phi) is 4.83. The Labute approximate surface area is 145 Å². The number of hydrogen-bond acceptors (Lipinski definition) is 3. The van der Waals surface area contributed by atoms with Gasteiger partial charge in [-0.25, -0.2) is 0 Å². The van der Waals surface area contributed by atoms with E-state index >= 15 is 0 Å². The molecule has 0 fully saturated rings. The molecule has 24 heavy (non-hydrogen) atoms. The van der Waals surface area contributed by atoms with Crippen molar-refractivity contribution in [3.63, 3.8) is 0 Å². The Balaban J connectivity index is 1.86. The van der Waals surface area contributed by atoms with Crippen LogP contribution in [0.3, 0.4) is 0 Å². The average Bonchev–Trinajstić information content (AvgIpc) is 2.56. The SMILES string of the molecule is CC(=O)Nc1ccc(Cl)cc1NC(=O)[C@@H]1OCCc2ccccc21. The monoisotopic (exact) mass is 344 g/mol. The van der Waals surface area contributed by atoms with Gasteiger partial charge in [-0.3, -0.25) is 9.59 Å². The van der Waals surface area contributed by atoms with E-state index in [2.05, 4.69) is 10.6 Å². The summed E-state index contributed by atoms with van der Waals surface area (Å²) in [6.07, 6.45) is 0.105. The summed E-state index contributed by atoms with van der Waals surface area (Å²) in [6.45, 7) is 1.89. The molecule has 0 aromatic heterocycles. The van der Waals surface area contributed by atoms with Crippen molar-refractivity contribution >= 4 is 34.8 Å². The molecule has 6 heteroatoms. The molecule has 124 valence electrons. The van der Waals surface area contributed by atoms with E-state index in [0.29, 0.717) is 23.0 Å². The van der Waals surface area contributed by atoms with Gasteiger partial charge in [0.15, 0.2) is 6.10 Å². The molecule has 0 spiro atoms. The van der Waals surface area contributed by atoms with E-state index < -0.39 is 6.10 Å². The number of rotatable bonds is 3. The third-order valence-corrected chi connectivity index (χ3v) is 4.02. The first-order chi connectivity index (χ1) is 11.5. The largest absolute Gasteiger partial charge is 0.363 e. The first-order valence-corrected chi connectivity index (χ1v) is 8.00. The number of benzene rings is 2. The quantitative estimate of drug-likeness (QED) is 0.894. The van der Waals surface area contributed by atoms with Crippen molar-refractivity contribution in [3.05, 3.63) is 58.6 Å². The molecule has 0 saturated heterocycles. The van der Waals surface area contributed by atoms with Crippen LogP contribution in [0.2, 0.25) is 5.02 Å². The average molecular weight is 345 g/mol. The Morgan fingerprint density at radius 3 is 2.71 bits per heavy atom. The molecule has 1 atom stereocenters. The van der Waals surface area contributed by atoms with Crippen molar-refractivity contribution in [1.29, 1.82) is 0 Å². The van der Waals surface area contributed by atoms with Crippen LogP contribution in [-0.2, 0) is 20.7 Å². The Bertz CT molecular complexity index is 792. The number of amides is 2. The minimum atomic E-state index is -0.681. The van der Waals surface area contributed by atoms with Gasteiger partial charge in [-0.05, 0) is 35.7 Å². The van der Waals surface area contributed by atoms with Crippen molar-refractivity contribution in [2.24, 2.45) is 0 Å². The lowest BCUT2D eigenvalue weighted by Crippen LogP contribution is -2.28. The third-order valence-electron chi connectivity index (χ3n) is 3.78. The molecule has 0 unspecified atom stereocenters. The Morgan fingerprint density at radius 2 is 1.92 bits per heavy atom. The number of anilines is 2. The van der Waals surface area contributed by atoms with Gasteiger partial charge in [-0.15, -0.1) is 0 Å². The zero-order valence-electron chi connectivity index (χ0n) is 13.1. The summed E-state index contributed by atoms with van der Waals surface area (Å²) in [7, 11) is 0. The van der Waals surface area contributed by atoms with Crippen molar-refractivity contribution in [1.82, 2.24) is 0 Å². The van der Waals surface area contributed by atoms with Crippen LogP contribution in [0.15, 0.2) is 42.5 Å². The summed E-state index contributed by atoms with van der Waals surface area (Å²) < 4.78 is 5.66. The fourth-order valence-electron chi connectivity index (χ4n) is 2.73. The van der Waals surface area contributed by atoms with Crippen LogP contribution in [0.1, 0.15) is 24.2 Å². The molecule has 2 N–H and O–H groups in total. The summed E-state index contributed by atoms with van der Waals surface area (Å²) in [4.78, 5) is 24.0. The molecule has 1 aliphatic rings. The van der Waals surface area contributed by atoms with Crippen LogP contribution in [0.5, 0.6) is 0 Å². The molecule has 1 heterocycles. The summed E-state index contributed by atoms with van der Waals surface area (Å²) >= 11 is 6.01. The van der Waals surface area contributed by atoms with E-state index in [4.69, 9.17) is 16.3 Å². The fourth-order valence-corrected chi connectivity index (χ4v) is 2.90. The summed E-state index contributed by atoms with van der Waals surface area (Å²) in [5, 5.41) is 5.94. The molecule has 2 amide bonds. The molecule has 2 aromatic carbocycles. The molecule has 0 radical (unpaired) electrons. The van der Waals surface area contributed by atoms with E-state index in [1.165, 1.54) is 6.92 Å². The molecular formula is C18H17ClN2O3. The summed E-state index contributed by atoms with van der Waals surface area (Å²) in [5.74, 6) is -0.525. The van der Waals surface area contributed by atoms with Crippen LogP contribution in [0.25, 0.3) is 0 Å². The predicted molar refractivity (Wildman–Crippen MR) is 93.2 cm³/mol. The van der Waals surface area contributed by atoms with Crippen LogP contribution < -0.4 is 10.6 Å². The molecule has 3 rings (SSSR count). The van der Waals surface area contributed by atoms with E-state index in [-0.39, 0.29) is 11.8 Å². The van der Waals surface area contributed by atoms with E-state index in [9.17, 15) is 9.59 Å². The molecule has 2 aromatic rings. The highest BCUT2D eigenvalue weighted by Gasteiger charge is 2.27. The molecule has 0 saturated carbocycles. The second-order valence-corrected chi connectivity index (χ2v) is 6.00. The number of carbonyl (C=O) groups excluding carboxylic acids is 2. The van der Waals surface area contributed by atoms with Gasteiger partial charge in [0, 0.05) is 11.9 Å². The normalized spacial score (nSPS) is 16.2. The third kappa shape index (κ3) is 3.58. The lowest BCUT2D eigenvalue weighted by molar-refractivity contribution is -0.128. The summed E-state index contributed by atoms with van der Waals surface area (Å²) in [6, 6.07) is 12.6. The highest BCUT2D eigenvalue weighted by Crippen LogP contribution is 2.31. The highest BCUT2D eigenvalue weighted by molar-refractivity contribution is 6.31. The topological polar surface area (TPSA) is 67.4 Å². The molecule has 0 bridgehead atoms. The van der Waals surface area contributed by atoms with Gasteiger partial charge >= 0.3 is 0 Å². The van der Waals surface area contributed by atoms with E-state index in [1.807, 2.05) is 24.3 Å². The molecular weight excluding hydrogens is 328 g/mol. The van der Waals surface area contributed by atoms with Crippen molar-refractivity contribution in [2.75, 3.05) is 17.2 Å². The van der Waals surface area contributed by atoms with Gasteiger partial charge in [-0.1, -0.05) is 35.9 Å². The smallest absolute Gasteiger partial charge is 0.258 e. The number of nitrogens with one attached hydrogen (secondary N) is 2. The van der Waals surface area contributed by atoms with Gasteiger partial charge in [-0.2, -0.15) is 0 Å². The first kappa shape index (κ1) is 16.5. The fraction of sp³-hybridized carbons (Fsp3) is 0.222. The number of fused-ring (bicyclic) bond motifs is 1.